The molecule has 0 radical (unpaired) electrons. The van der Waals surface area contributed by atoms with Gasteiger partial charge in [0.15, 0.2) is 11.5 Å². The third-order valence-corrected chi connectivity index (χ3v) is 5.50. The maximum absolute atomic E-state index is 9.50. The van der Waals surface area contributed by atoms with E-state index in [1.54, 1.807) is 0 Å². The first-order valence-corrected chi connectivity index (χ1v) is 10.00. The maximum Gasteiger partial charge on any atom is 0.231 e. The van der Waals surface area contributed by atoms with Crippen molar-refractivity contribution in [2.24, 2.45) is 0 Å². The Morgan fingerprint density at radius 1 is 1.04 bits per heavy atom. The second-order valence-electron chi connectivity index (χ2n) is 7.29. The maximum atomic E-state index is 9.50. The van der Waals surface area contributed by atoms with Crippen LogP contribution in [0.5, 0.6) is 11.5 Å². The minimum atomic E-state index is 0.294. The molecule has 7 nitrogen and oxygen atoms in total. The largest absolute Gasteiger partial charge is 0.454 e. The molecule has 1 saturated heterocycles. The zero-order chi connectivity index (χ0) is 19.5. The van der Waals surface area contributed by atoms with E-state index in [9.17, 15) is 5.26 Å². The molecule has 7 heteroatoms. The van der Waals surface area contributed by atoms with Gasteiger partial charge in [0.2, 0.25) is 6.79 Å². The van der Waals surface area contributed by atoms with Crippen LogP contribution < -0.4 is 25.0 Å². The van der Waals surface area contributed by atoms with Gasteiger partial charge in [-0.2, -0.15) is 5.26 Å². The number of aromatic nitrogens is 1. The van der Waals surface area contributed by atoms with Crippen LogP contribution in [0.3, 0.4) is 0 Å². The van der Waals surface area contributed by atoms with Gasteiger partial charge in [-0.25, -0.2) is 0 Å². The van der Waals surface area contributed by atoms with Gasteiger partial charge in [0.25, 0.3) is 0 Å². The zero-order valence-electron chi connectivity index (χ0n) is 16.4. The summed E-state index contributed by atoms with van der Waals surface area (Å²) in [6, 6.07) is 10.2. The monoisotopic (exact) mass is 381 g/mol. The summed E-state index contributed by atoms with van der Waals surface area (Å²) in [5, 5.41) is 9.50. The number of fused-ring (bicyclic) bond motifs is 1. The van der Waals surface area contributed by atoms with Gasteiger partial charge in [-0.05, 0) is 24.6 Å². The molecule has 2 aliphatic rings. The highest BCUT2D eigenvalue weighted by atomic mass is 16.7. The molecule has 2 aromatic rings. The Kier molecular flexibility index (Phi) is 5.20. The Morgan fingerprint density at radius 2 is 1.79 bits per heavy atom. The molecule has 0 saturated carbocycles. The molecule has 1 aromatic heterocycles. The number of anilines is 3. The SMILES string of the molecule is CCCCCn1c(C#N)cc(N)c1N1CCN(c2ccc3c(c2)OCO3)CC1. The molecule has 0 amide bonds. The number of nitriles is 1. The molecule has 2 aliphatic heterocycles. The van der Waals surface area contributed by atoms with E-state index in [2.05, 4.69) is 33.4 Å². The summed E-state index contributed by atoms with van der Waals surface area (Å²) in [5.74, 6) is 2.62. The molecule has 3 heterocycles. The van der Waals surface area contributed by atoms with Crippen molar-refractivity contribution < 1.29 is 9.47 Å². The number of unbranched alkanes of at least 4 members (excludes halogenated alkanes) is 2. The fourth-order valence-corrected chi connectivity index (χ4v) is 4.01. The third kappa shape index (κ3) is 3.42. The summed E-state index contributed by atoms with van der Waals surface area (Å²) in [6.45, 7) is 6.82. The first kappa shape index (κ1) is 18.4. The molecule has 4 rings (SSSR count). The van der Waals surface area contributed by atoms with E-state index in [1.807, 2.05) is 18.2 Å². The number of ether oxygens (including phenoxy) is 2. The van der Waals surface area contributed by atoms with Crippen molar-refractivity contribution in [1.82, 2.24) is 4.57 Å². The van der Waals surface area contributed by atoms with E-state index < -0.39 is 0 Å². The topological polar surface area (TPSA) is 79.7 Å². The number of piperazine rings is 1. The lowest BCUT2D eigenvalue weighted by Gasteiger charge is -2.38. The van der Waals surface area contributed by atoms with E-state index >= 15 is 0 Å². The van der Waals surface area contributed by atoms with Crippen molar-refractivity contribution in [3.8, 4) is 17.6 Å². The molecule has 0 bridgehead atoms. The minimum absolute atomic E-state index is 0.294. The Labute approximate surface area is 165 Å². The number of nitrogens with two attached hydrogens (primary N) is 1. The lowest BCUT2D eigenvalue weighted by Crippen LogP contribution is -2.47. The van der Waals surface area contributed by atoms with Crippen LogP contribution in [0, 0.1) is 11.3 Å². The third-order valence-electron chi connectivity index (χ3n) is 5.50. The average Bonchev–Trinajstić information content (AvgIpc) is 3.31. The second kappa shape index (κ2) is 7.93. The van der Waals surface area contributed by atoms with Gasteiger partial charge in [0, 0.05) is 44.5 Å². The van der Waals surface area contributed by atoms with E-state index in [4.69, 9.17) is 15.2 Å². The van der Waals surface area contributed by atoms with Crippen molar-refractivity contribution in [2.45, 2.75) is 32.7 Å². The lowest BCUT2D eigenvalue weighted by molar-refractivity contribution is 0.174. The molecule has 2 N–H and O–H groups in total. The van der Waals surface area contributed by atoms with Crippen LogP contribution in [0.2, 0.25) is 0 Å². The van der Waals surface area contributed by atoms with Crippen LogP contribution in [-0.4, -0.2) is 37.5 Å². The van der Waals surface area contributed by atoms with Gasteiger partial charge in [-0.15, -0.1) is 0 Å². The first-order chi connectivity index (χ1) is 13.7. The number of nitrogens with zero attached hydrogens (tertiary/aromatic N) is 4. The fourth-order valence-electron chi connectivity index (χ4n) is 4.01. The smallest absolute Gasteiger partial charge is 0.231 e. The molecule has 28 heavy (non-hydrogen) atoms. The van der Waals surface area contributed by atoms with Crippen molar-refractivity contribution in [2.75, 3.05) is 48.5 Å². The van der Waals surface area contributed by atoms with Crippen LogP contribution >= 0.6 is 0 Å². The Bertz CT molecular complexity index is 878. The Morgan fingerprint density at radius 3 is 2.54 bits per heavy atom. The summed E-state index contributed by atoms with van der Waals surface area (Å²) in [7, 11) is 0. The van der Waals surface area contributed by atoms with E-state index in [1.165, 1.54) is 0 Å². The lowest BCUT2D eigenvalue weighted by atomic mass is 10.2. The normalized spacial score (nSPS) is 15.7. The van der Waals surface area contributed by atoms with Gasteiger partial charge < -0.3 is 29.6 Å². The second-order valence-corrected chi connectivity index (χ2v) is 7.29. The van der Waals surface area contributed by atoms with Crippen LogP contribution in [-0.2, 0) is 6.54 Å². The Balaban J connectivity index is 1.48. The Hall–Kier alpha value is -3.01. The molecule has 0 atom stereocenters. The minimum Gasteiger partial charge on any atom is -0.454 e. The van der Waals surface area contributed by atoms with Crippen molar-refractivity contribution in [3.05, 3.63) is 30.0 Å². The predicted molar refractivity (Wildman–Crippen MR) is 110 cm³/mol. The summed E-state index contributed by atoms with van der Waals surface area (Å²) < 4.78 is 13.0. The van der Waals surface area contributed by atoms with Crippen LogP contribution in [0.25, 0.3) is 0 Å². The van der Waals surface area contributed by atoms with Crippen molar-refractivity contribution in [3.63, 3.8) is 0 Å². The number of hydrogen-bond acceptors (Lipinski definition) is 6. The van der Waals surface area contributed by atoms with Crippen LogP contribution in [0.1, 0.15) is 31.9 Å². The number of hydrogen-bond donors (Lipinski definition) is 1. The van der Waals surface area contributed by atoms with Gasteiger partial charge in [0.05, 0.1) is 5.69 Å². The van der Waals surface area contributed by atoms with E-state index in [0.717, 1.165) is 75.0 Å². The number of benzene rings is 1. The van der Waals surface area contributed by atoms with Gasteiger partial charge in [0.1, 0.15) is 17.6 Å². The van der Waals surface area contributed by atoms with Gasteiger partial charge in [-0.3, -0.25) is 0 Å². The molecule has 0 aliphatic carbocycles. The molecule has 0 unspecified atom stereocenters. The molecule has 148 valence electrons. The molecule has 0 spiro atoms. The van der Waals surface area contributed by atoms with Gasteiger partial charge in [-0.1, -0.05) is 19.8 Å². The fraction of sp³-hybridized carbons (Fsp3) is 0.476. The zero-order valence-corrected chi connectivity index (χ0v) is 16.4. The van der Waals surface area contributed by atoms with Crippen LogP contribution in [0.4, 0.5) is 17.2 Å². The summed E-state index contributed by atoms with van der Waals surface area (Å²) in [5.41, 5.74) is 8.80. The highest BCUT2D eigenvalue weighted by Crippen LogP contribution is 2.36. The molecular formula is C21H27N5O2. The number of rotatable bonds is 6. The van der Waals surface area contributed by atoms with Crippen LogP contribution in [0.15, 0.2) is 24.3 Å². The number of nitrogen functional groups attached to an aromatic ring is 1. The summed E-state index contributed by atoms with van der Waals surface area (Å²) >= 11 is 0. The quantitative estimate of drug-likeness (QED) is 0.774. The predicted octanol–water partition coefficient (Wildman–Crippen LogP) is 3.19. The molecule has 1 aromatic carbocycles. The van der Waals surface area contributed by atoms with Gasteiger partial charge >= 0.3 is 0 Å². The van der Waals surface area contributed by atoms with Crippen molar-refractivity contribution >= 4 is 17.2 Å². The van der Waals surface area contributed by atoms with E-state index in [-0.39, 0.29) is 0 Å². The molecule has 1 fully saturated rings. The van der Waals surface area contributed by atoms with E-state index in [0.29, 0.717) is 18.2 Å². The highest BCUT2D eigenvalue weighted by molar-refractivity contribution is 5.68. The molecular weight excluding hydrogens is 354 g/mol. The average molecular weight is 381 g/mol. The summed E-state index contributed by atoms with van der Waals surface area (Å²) in [6.07, 6.45) is 3.37. The summed E-state index contributed by atoms with van der Waals surface area (Å²) in [4.78, 5) is 4.66. The van der Waals surface area contributed by atoms with Crippen molar-refractivity contribution in [1.29, 1.82) is 5.26 Å². The first-order valence-electron chi connectivity index (χ1n) is 10.00. The highest BCUT2D eigenvalue weighted by Gasteiger charge is 2.24. The standard InChI is InChI=1S/C21H27N5O2/c1-2-3-4-7-26-17(14-22)12-18(23)21(26)25-10-8-24(9-11-25)16-5-6-19-20(13-16)28-15-27-19/h5-6,12-13H,2-4,7-11,15,23H2,1H3.